The fourth-order valence-corrected chi connectivity index (χ4v) is 5.25. The van der Waals surface area contributed by atoms with E-state index in [1.807, 2.05) is 31.2 Å². The zero-order valence-corrected chi connectivity index (χ0v) is 23.7. The molecule has 5 heteroatoms. The van der Waals surface area contributed by atoms with Crippen LogP contribution in [-0.2, 0) is 26.2 Å². The summed E-state index contributed by atoms with van der Waals surface area (Å²) in [6.45, 7) is 5.67. The van der Waals surface area contributed by atoms with Gasteiger partial charge in [0.25, 0.3) is 0 Å². The zero-order chi connectivity index (χ0) is 28.2. The molecular formula is C35H39NO4. The van der Waals surface area contributed by atoms with Gasteiger partial charge in [-0.15, -0.1) is 0 Å². The van der Waals surface area contributed by atoms with E-state index >= 15 is 0 Å². The normalized spacial score (nSPS) is 12.2. The van der Waals surface area contributed by atoms with Crippen LogP contribution in [0.2, 0.25) is 0 Å². The molecule has 4 aromatic carbocycles. The lowest BCUT2D eigenvalue weighted by Crippen LogP contribution is -2.47. The molecule has 0 bridgehead atoms. The van der Waals surface area contributed by atoms with Crippen LogP contribution in [-0.4, -0.2) is 50.4 Å². The Morgan fingerprint density at radius 3 is 1.68 bits per heavy atom. The van der Waals surface area contributed by atoms with Crippen molar-refractivity contribution in [2.75, 3.05) is 33.4 Å². The molecule has 0 aromatic heterocycles. The number of nitrogens with zero attached hydrogens (tertiary/aromatic N) is 1. The molecule has 0 unspecified atom stereocenters. The molecule has 0 saturated heterocycles. The lowest BCUT2D eigenvalue weighted by molar-refractivity contribution is -0.156. The molecule has 0 aliphatic carbocycles. The molecule has 40 heavy (non-hydrogen) atoms. The summed E-state index contributed by atoms with van der Waals surface area (Å²) >= 11 is 0. The molecule has 1 atom stereocenters. The molecule has 5 nitrogen and oxygen atoms in total. The highest BCUT2D eigenvalue weighted by Crippen LogP contribution is 2.41. The summed E-state index contributed by atoms with van der Waals surface area (Å²) in [6.07, 6.45) is -0.142. The van der Waals surface area contributed by atoms with Crippen molar-refractivity contribution in [1.82, 2.24) is 4.90 Å². The smallest absolute Gasteiger partial charge is 0.335 e. The van der Waals surface area contributed by atoms with Crippen LogP contribution in [0.3, 0.4) is 0 Å². The Bertz CT molecular complexity index is 1200. The van der Waals surface area contributed by atoms with Gasteiger partial charge in [0.2, 0.25) is 0 Å². The highest BCUT2D eigenvalue weighted by molar-refractivity contribution is 5.75. The van der Waals surface area contributed by atoms with Crippen molar-refractivity contribution in [3.05, 3.63) is 138 Å². The van der Waals surface area contributed by atoms with Crippen LogP contribution in [0.1, 0.15) is 36.1 Å². The highest BCUT2D eigenvalue weighted by atomic mass is 16.6. The van der Waals surface area contributed by atoms with Gasteiger partial charge in [-0.25, -0.2) is 4.79 Å². The molecule has 0 radical (unpaired) electrons. The lowest BCUT2D eigenvalue weighted by Gasteiger charge is -2.43. The molecule has 0 aliphatic rings. The number of hydrogen-bond acceptors (Lipinski definition) is 5. The first-order chi connectivity index (χ1) is 19.6. The third kappa shape index (κ3) is 6.79. The van der Waals surface area contributed by atoms with Crippen LogP contribution < -0.4 is 4.74 Å². The molecule has 0 heterocycles. The van der Waals surface area contributed by atoms with Gasteiger partial charge >= 0.3 is 5.97 Å². The van der Waals surface area contributed by atoms with Crippen LogP contribution in [0.15, 0.2) is 115 Å². The predicted molar refractivity (Wildman–Crippen MR) is 160 cm³/mol. The summed E-state index contributed by atoms with van der Waals surface area (Å²) in [6, 6.07) is 39.8. The highest BCUT2D eigenvalue weighted by Gasteiger charge is 2.40. The number of ether oxygens (including phenoxy) is 3. The minimum absolute atomic E-state index is 0.327. The lowest BCUT2D eigenvalue weighted by atomic mass is 9.76. The Morgan fingerprint density at radius 2 is 1.23 bits per heavy atom. The van der Waals surface area contributed by atoms with E-state index in [9.17, 15) is 4.79 Å². The molecule has 0 spiro atoms. The second-order valence-electron chi connectivity index (χ2n) is 9.62. The Balaban J connectivity index is 1.51. The number of likely N-dealkylation sites (N-methyl/N-ethyl adjacent to an activating group) is 1. The number of carbonyl (C=O) groups excluding carboxylic acids is 1. The van der Waals surface area contributed by atoms with E-state index in [2.05, 4.69) is 103 Å². The number of hydrogen-bond donors (Lipinski definition) is 0. The fourth-order valence-electron chi connectivity index (χ4n) is 5.25. The van der Waals surface area contributed by atoms with E-state index in [1.54, 1.807) is 6.92 Å². The summed E-state index contributed by atoms with van der Waals surface area (Å²) in [5.41, 5.74) is 4.10. The summed E-state index contributed by atoms with van der Waals surface area (Å²) in [7, 11) is 2.16. The van der Waals surface area contributed by atoms with Crippen molar-refractivity contribution in [3.63, 3.8) is 0 Å². The first kappa shape index (κ1) is 29.1. The van der Waals surface area contributed by atoms with Crippen LogP contribution in [0.25, 0.3) is 0 Å². The van der Waals surface area contributed by atoms with Crippen molar-refractivity contribution in [1.29, 1.82) is 0 Å². The molecule has 0 amide bonds. The number of rotatable bonds is 14. The average Bonchev–Trinajstić information content (AvgIpc) is 3.00. The zero-order valence-electron chi connectivity index (χ0n) is 23.7. The number of benzene rings is 4. The van der Waals surface area contributed by atoms with Gasteiger partial charge < -0.3 is 14.2 Å². The van der Waals surface area contributed by atoms with E-state index in [4.69, 9.17) is 14.2 Å². The minimum atomic E-state index is -0.604. The van der Waals surface area contributed by atoms with Gasteiger partial charge in [0, 0.05) is 19.6 Å². The third-order valence-electron chi connectivity index (χ3n) is 7.10. The third-order valence-corrected chi connectivity index (χ3v) is 7.10. The molecule has 0 saturated carbocycles. The van der Waals surface area contributed by atoms with E-state index in [0.717, 1.165) is 11.3 Å². The van der Waals surface area contributed by atoms with Crippen molar-refractivity contribution in [3.8, 4) is 5.75 Å². The second kappa shape index (κ2) is 14.5. The maximum atomic E-state index is 12.2. The van der Waals surface area contributed by atoms with Gasteiger partial charge in [-0.05, 0) is 55.3 Å². The first-order valence-electron chi connectivity index (χ1n) is 14.0. The fraction of sp³-hybridized carbons (Fsp3) is 0.286. The molecule has 0 fully saturated rings. The number of esters is 1. The summed E-state index contributed by atoms with van der Waals surface area (Å²) in [5, 5.41) is 0. The van der Waals surface area contributed by atoms with Crippen LogP contribution in [0, 0.1) is 0 Å². The predicted octanol–water partition coefficient (Wildman–Crippen LogP) is 6.50. The summed E-state index contributed by atoms with van der Waals surface area (Å²) < 4.78 is 17.0. The Morgan fingerprint density at radius 1 is 0.725 bits per heavy atom. The maximum Gasteiger partial charge on any atom is 0.335 e. The van der Waals surface area contributed by atoms with E-state index in [0.29, 0.717) is 32.8 Å². The van der Waals surface area contributed by atoms with Crippen LogP contribution in [0.4, 0.5) is 0 Å². The van der Waals surface area contributed by atoms with Crippen molar-refractivity contribution < 1.29 is 19.0 Å². The maximum absolute atomic E-state index is 12.2. The van der Waals surface area contributed by atoms with E-state index < -0.39 is 11.6 Å². The van der Waals surface area contributed by atoms with E-state index in [1.165, 1.54) is 16.7 Å². The minimum Gasteiger partial charge on any atom is -0.492 e. The average molecular weight is 538 g/mol. The SMILES string of the molecule is CCOC(=O)[C@H](Cc1ccc(OCCN(C)C(c2ccccc2)(c2ccccc2)c2ccccc2)cc1)OCC. The second-order valence-corrected chi connectivity index (χ2v) is 9.62. The van der Waals surface area contributed by atoms with E-state index in [-0.39, 0.29) is 5.97 Å². The van der Waals surface area contributed by atoms with Crippen molar-refractivity contribution in [2.24, 2.45) is 0 Å². The molecule has 4 rings (SSSR count). The number of carbonyl (C=O) groups is 1. The van der Waals surface area contributed by atoms with Crippen molar-refractivity contribution >= 4 is 5.97 Å². The molecular weight excluding hydrogens is 498 g/mol. The van der Waals surface area contributed by atoms with Gasteiger partial charge in [-0.3, -0.25) is 4.90 Å². The van der Waals surface area contributed by atoms with Crippen LogP contribution >= 0.6 is 0 Å². The van der Waals surface area contributed by atoms with Gasteiger partial charge in [-0.1, -0.05) is 103 Å². The topological polar surface area (TPSA) is 48.0 Å². The van der Waals surface area contributed by atoms with Gasteiger partial charge in [-0.2, -0.15) is 0 Å². The quantitative estimate of drug-likeness (QED) is 0.136. The van der Waals surface area contributed by atoms with Crippen LogP contribution in [0.5, 0.6) is 5.75 Å². The standard InChI is InChI=1S/C35H39NO4/c1-4-38-33(34(37)39-5-2)27-28-21-23-32(24-22-28)40-26-25-36(3)35(29-15-9-6-10-16-29,30-17-11-7-12-18-30)31-19-13-8-14-20-31/h6-24,33H,4-5,25-27H2,1-3H3/t33-/m0/s1. The Hall–Kier alpha value is -3.93. The van der Waals surface area contributed by atoms with Crippen molar-refractivity contribution in [2.45, 2.75) is 31.9 Å². The largest absolute Gasteiger partial charge is 0.492 e. The monoisotopic (exact) mass is 537 g/mol. The summed E-state index contributed by atoms with van der Waals surface area (Å²) in [5.74, 6) is 0.456. The first-order valence-corrected chi connectivity index (χ1v) is 14.0. The Kier molecular flexibility index (Phi) is 10.5. The molecule has 208 valence electrons. The molecule has 0 N–H and O–H groups in total. The molecule has 4 aromatic rings. The summed E-state index contributed by atoms with van der Waals surface area (Å²) in [4.78, 5) is 14.6. The molecule has 0 aliphatic heterocycles. The van der Waals surface area contributed by atoms with Gasteiger partial charge in [0.1, 0.15) is 12.4 Å². The Labute approximate surface area is 238 Å². The van der Waals surface area contributed by atoms with Gasteiger partial charge in [0.15, 0.2) is 6.10 Å². The van der Waals surface area contributed by atoms with Gasteiger partial charge in [0.05, 0.1) is 12.1 Å².